The number of hydrogen-bond acceptors (Lipinski definition) is 5. The number of piperidine rings is 1. The van der Waals surface area contributed by atoms with Gasteiger partial charge in [-0.05, 0) is 67.0 Å². The molecule has 2 heterocycles. The average Bonchev–Trinajstić information content (AvgIpc) is 3.05. The van der Waals surface area contributed by atoms with Crippen LogP contribution in [0.15, 0.2) is 41.0 Å². The minimum atomic E-state index is -0.0519. The van der Waals surface area contributed by atoms with Crippen molar-refractivity contribution in [3.05, 3.63) is 58.3 Å². The van der Waals surface area contributed by atoms with Crippen LogP contribution in [0.3, 0.4) is 0 Å². The van der Waals surface area contributed by atoms with Crippen LogP contribution in [0.4, 0.5) is 5.69 Å². The van der Waals surface area contributed by atoms with Gasteiger partial charge in [0.15, 0.2) is 0 Å². The van der Waals surface area contributed by atoms with Gasteiger partial charge >= 0.3 is 0 Å². The van der Waals surface area contributed by atoms with Crippen LogP contribution in [0.1, 0.15) is 34.3 Å². The molecule has 1 aliphatic heterocycles. The number of likely N-dealkylation sites (tertiary alicyclic amines) is 1. The standard InChI is InChI=1S/C20H22N4O3/c1-13-5-7-16(10-14(13)2)21-17-4-3-9-23(12-17)20(25)15-6-8-19-18(11-15)22-27-24(19)26/h5-8,10-11,17,21H,3-4,9,12H2,1-2H3. The summed E-state index contributed by atoms with van der Waals surface area (Å²) in [5, 5.41) is 18.6. The Morgan fingerprint density at radius 3 is 2.93 bits per heavy atom. The van der Waals surface area contributed by atoms with Crippen LogP contribution < -0.4 is 10.2 Å². The molecule has 3 aromatic rings. The predicted octanol–water partition coefficient (Wildman–Crippen LogP) is 2.79. The van der Waals surface area contributed by atoms with E-state index >= 15 is 0 Å². The quantitative estimate of drug-likeness (QED) is 0.721. The van der Waals surface area contributed by atoms with Crippen molar-refractivity contribution in [2.75, 3.05) is 18.4 Å². The molecule has 1 atom stereocenters. The first kappa shape index (κ1) is 17.3. The monoisotopic (exact) mass is 366 g/mol. The molecular weight excluding hydrogens is 344 g/mol. The van der Waals surface area contributed by atoms with E-state index in [1.807, 2.05) is 4.90 Å². The van der Waals surface area contributed by atoms with Crippen molar-refractivity contribution in [1.82, 2.24) is 10.1 Å². The number of anilines is 1. The first-order valence-electron chi connectivity index (χ1n) is 9.14. The maximum atomic E-state index is 12.9. The number of aromatic nitrogens is 2. The molecule has 140 valence electrons. The zero-order valence-electron chi connectivity index (χ0n) is 15.4. The number of nitrogens with zero attached hydrogens (tertiary/aromatic N) is 3. The van der Waals surface area contributed by atoms with Crippen molar-refractivity contribution < 1.29 is 14.3 Å². The third-order valence-electron chi connectivity index (χ3n) is 5.22. The molecule has 1 unspecified atom stereocenters. The molecule has 1 N–H and O–H groups in total. The Kier molecular flexibility index (Phi) is 4.43. The highest BCUT2D eigenvalue weighted by molar-refractivity contribution is 5.97. The molecule has 0 aliphatic carbocycles. The summed E-state index contributed by atoms with van der Waals surface area (Å²) in [6.07, 6.45) is 1.97. The lowest BCUT2D eigenvalue weighted by molar-refractivity contribution is -0.782. The number of fused-ring (bicyclic) bond motifs is 1. The fourth-order valence-corrected chi connectivity index (χ4v) is 3.54. The first-order valence-corrected chi connectivity index (χ1v) is 9.14. The van der Waals surface area contributed by atoms with E-state index in [4.69, 9.17) is 0 Å². The van der Waals surface area contributed by atoms with E-state index in [9.17, 15) is 10.0 Å². The Morgan fingerprint density at radius 2 is 2.11 bits per heavy atom. The second-order valence-electron chi connectivity index (χ2n) is 7.17. The van der Waals surface area contributed by atoms with E-state index in [1.165, 1.54) is 11.1 Å². The Bertz CT molecular complexity index is 998. The summed E-state index contributed by atoms with van der Waals surface area (Å²) < 4.78 is 4.57. The second-order valence-corrected chi connectivity index (χ2v) is 7.17. The molecule has 1 aliphatic rings. The zero-order chi connectivity index (χ0) is 19.0. The molecule has 1 amide bonds. The van der Waals surface area contributed by atoms with Gasteiger partial charge in [0, 0.05) is 41.6 Å². The van der Waals surface area contributed by atoms with Gasteiger partial charge in [-0.1, -0.05) is 6.07 Å². The van der Waals surface area contributed by atoms with Crippen molar-refractivity contribution in [2.24, 2.45) is 0 Å². The molecule has 4 rings (SSSR count). The highest BCUT2D eigenvalue weighted by Crippen LogP contribution is 2.21. The lowest BCUT2D eigenvalue weighted by Crippen LogP contribution is -2.45. The van der Waals surface area contributed by atoms with Gasteiger partial charge in [-0.2, -0.15) is 0 Å². The van der Waals surface area contributed by atoms with Crippen LogP contribution in [0.25, 0.3) is 11.0 Å². The second kappa shape index (κ2) is 6.90. The molecule has 1 aromatic heterocycles. The van der Waals surface area contributed by atoms with Crippen molar-refractivity contribution in [2.45, 2.75) is 32.7 Å². The van der Waals surface area contributed by atoms with Gasteiger partial charge in [0.1, 0.15) is 0 Å². The molecule has 7 heteroatoms. The lowest BCUT2D eigenvalue weighted by atomic mass is 10.0. The lowest BCUT2D eigenvalue weighted by Gasteiger charge is -2.34. The third-order valence-corrected chi connectivity index (χ3v) is 5.22. The number of carbonyl (C=O) groups is 1. The van der Waals surface area contributed by atoms with Gasteiger partial charge in [-0.25, -0.2) is 0 Å². The summed E-state index contributed by atoms with van der Waals surface area (Å²) in [4.78, 5) is 15.1. The summed E-state index contributed by atoms with van der Waals surface area (Å²) in [5.74, 6) is -0.0519. The largest absolute Gasteiger partial charge is 0.381 e. The summed E-state index contributed by atoms with van der Waals surface area (Å²) in [7, 11) is 0. The number of nitrogens with one attached hydrogen (secondary N) is 1. The average molecular weight is 366 g/mol. The van der Waals surface area contributed by atoms with Crippen LogP contribution in [-0.4, -0.2) is 35.1 Å². The van der Waals surface area contributed by atoms with Crippen molar-refractivity contribution in [3.63, 3.8) is 0 Å². The van der Waals surface area contributed by atoms with E-state index in [0.717, 1.165) is 25.1 Å². The van der Waals surface area contributed by atoms with Crippen molar-refractivity contribution >= 4 is 22.6 Å². The summed E-state index contributed by atoms with van der Waals surface area (Å²) in [6, 6.07) is 11.4. The van der Waals surface area contributed by atoms with E-state index in [1.54, 1.807) is 18.2 Å². The fourth-order valence-electron chi connectivity index (χ4n) is 3.54. The van der Waals surface area contributed by atoms with Gasteiger partial charge in [-0.3, -0.25) is 9.42 Å². The molecule has 1 fully saturated rings. The molecule has 0 bridgehead atoms. The fraction of sp³-hybridized carbons (Fsp3) is 0.350. The van der Waals surface area contributed by atoms with Crippen LogP contribution in [0.5, 0.6) is 0 Å². The third kappa shape index (κ3) is 3.45. The van der Waals surface area contributed by atoms with Gasteiger partial charge in [0.2, 0.25) is 11.0 Å². The smallest absolute Gasteiger partial charge is 0.254 e. The number of benzene rings is 2. The van der Waals surface area contributed by atoms with Gasteiger partial charge in [0.05, 0.1) is 0 Å². The highest BCUT2D eigenvalue weighted by atomic mass is 16.8. The first-order chi connectivity index (χ1) is 13.0. The molecule has 1 saturated heterocycles. The van der Waals surface area contributed by atoms with Crippen LogP contribution in [0, 0.1) is 19.1 Å². The van der Waals surface area contributed by atoms with Gasteiger partial charge < -0.3 is 15.4 Å². The number of aryl methyl sites for hydroxylation is 2. The molecule has 0 radical (unpaired) electrons. The molecule has 0 saturated carbocycles. The highest BCUT2D eigenvalue weighted by Gasteiger charge is 2.25. The number of amides is 1. The topological polar surface area (TPSA) is 85.3 Å². The Hall–Kier alpha value is -3.09. The van der Waals surface area contributed by atoms with E-state index in [0.29, 0.717) is 28.0 Å². The normalized spacial score (nSPS) is 17.3. The zero-order valence-corrected chi connectivity index (χ0v) is 15.4. The SMILES string of the molecule is Cc1ccc(NC2CCCN(C(=O)c3ccc4c(c3)no[n+]4[O-])C2)cc1C. The van der Waals surface area contributed by atoms with Crippen molar-refractivity contribution in [3.8, 4) is 0 Å². The van der Waals surface area contributed by atoms with Crippen LogP contribution in [-0.2, 0) is 0 Å². The Morgan fingerprint density at radius 1 is 1.26 bits per heavy atom. The maximum Gasteiger partial charge on any atom is 0.254 e. The molecule has 27 heavy (non-hydrogen) atoms. The predicted molar refractivity (Wildman–Crippen MR) is 101 cm³/mol. The van der Waals surface area contributed by atoms with Crippen molar-refractivity contribution in [1.29, 1.82) is 0 Å². The number of hydrogen-bond donors (Lipinski definition) is 1. The maximum absolute atomic E-state index is 12.9. The summed E-state index contributed by atoms with van der Waals surface area (Å²) in [5.41, 5.74) is 4.82. The summed E-state index contributed by atoms with van der Waals surface area (Å²) >= 11 is 0. The van der Waals surface area contributed by atoms with E-state index in [-0.39, 0.29) is 11.9 Å². The summed E-state index contributed by atoms with van der Waals surface area (Å²) in [6.45, 7) is 5.56. The van der Waals surface area contributed by atoms with Crippen LogP contribution in [0.2, 0.25) is 0 Å². The Labute approximate surface area is 157 Å². The molecule has 0 spiro atoms. The van der Waals surface area contributed by atoms with Crippen LogP contribution >= 0.6 is 0 Å². The number of rotatable bonds is 3. The molecular formula is C20H22N4O3. The van der Waals surface area contributed by atoms with Gasteiger partial charge in [0.25, 0.3) is 5.91 Å². The minimum Gasteiger partial charge on any atom is -0.381 e. The minimum absolute atomic E-state index is 0.0519. The molecule has 2 aromatic carbocycles. The molecule has 7 nitrogen and oxygen atoms in total. The Balaban J connectivity index is 1.47. The van der Waals surface area contributed by atoms with Gasteiger partial charge in [-0.15, -0.1) is 0 Å². The van der Waals surface area contributed by atoms with E-state index < -0.39 is 0 Å². The number of carbonyl (C=O) groups excluding carboxylic acids is 1. The van der Waals surface area contributed by atoms with E-state index in [2.05, 4.69) is 47.1 Å².